The van der Waals surface area contributed by atoms with Gasteiger partial charge in [0.1, 0.15) is 6.29 Å². The van der Waals surface area contributed by atoms with E-state index in [1.165, 1.54) is 0 Å². The number of carbonyl (C=O) groups excluding carboxylic acids is 1. The van der Waals surface area contributed by atoms with Gasteiger partial charge in [0.2, 0.25) is 0 Å². The summed E-state index contributed by atoms with van der Waals surface area (Å²) in [5.74, 6) is 0.338. The third kappa shape index (κ3) is 5.31. The minimum Gasteiger partial charge on any atom is -0.298 e. The van der Waals surface area contributed by atoms with Crippen molar-refractivity contribution in [2.24, 2.45) is 5.92 Å². The molecule has 0 aliphatic heterocycles. The average Bonchev–Trinajstić information content (AvgIpc) is 2.18. The molecule has 0 bridgehead atoms. The molecule has 0 aromatic heterocycles. The zero-order chi connectivity index (χ0) is 10.8. The van der Waals surface area contributed by atoms with Gasteiger partial charge in [-0.3, -0.25) is 4.79 Å². The second kappa shape index (κ2) is 8.24. The highest BCUT2D eigenvalue weighted by molar-refractivity contribution is 5.73. The Bertz CT molecular complexity index is 226. The van der Waals surface area contributed by atoms with Crippen molar-refractivity contribution < 1.29 is 4.79 Å². The fourth-order valence-corrected chi connectivity index (χ4v) is 1.29. The lowest BCUT2D eigenvalue weighted by atomic mass is 9.97. The molecular weight excluding hydrogens is 172 g/mol. The van der Waals surface area contributed by atoms with E-state index in [9.17, 15) is 4.79 Å². The monoisotopic (exact) mass is 190 g/mol. The maximum atomic E-state index is 10.7. The summed E-state index contributed by atoms with van der Waals surface area (Å²) in [6, 6.07) is 0. The van der Waals surface area contributed by atoms with Crippen molar-refractivity contribution in [1.29, 1.82) is 0 Å². The first-order valence-electron chi connectivity index (χ1n) is 4.77. The van der Waals surface area contributed by atoms with E-state index in [2.05, 4.69) is 19.7 Å². The number of rotatable bonds is 8. The van der Waals surface area contributed by atoms with E-state index in [4.69, 9.17) is 0 Å². The summed E-state index contributed by atoms with van der Waals surface area (Å²) in [6.07, 6.45) is 10.7. The average molecular weight is 190 g/mol. The molecule has 0 saturated carbocycles. The fourth-order valence-electron chi connectivity index (χ4n) is 1.29. The Kier molecular flexibility index (Phi) is 7.43. The molecule has 0 radical (unpaired) electrons. The van der Waals surface area contributed by atoms with Crippen molar-refractivity contribution >= 4 is 6.29 Å². The second-order valence-electron chi connectivity index (χ2n) is 3.16. The normalized spacial score (nSPS) is 11.1. The number of hydrogen-bond donors (Lipinski definition) is 0. The highest BCUT2D eigenvalue weighted by Gasteiger charge is 2.02. The van der Waals surface area contributed by atoms with Crippen LogP contribution in [0.25, 0.3) is 0 Å². The molecule has 0 N–H and O–H groups in total. The largest absolute Gasteiger partial charge is 0.298 e. The lowest BCUT2D eigenvalue weighted by Gasteiger charge is -2.07. The van der Waals surface area contributed by atoms with Crippen molar-refractivity contribution in [3.8, 4) is 0 Å². The SMILES string of the molecule is C=CC/C(C=O)=C\C(CC=C)CC=C. The van der Waals surface area contributed by atoms with Crippen LogP contribution in [0.1, 0.15) is 19.3 Å². The summed E-state index contributed by atoms with van der Waals surface area (Å²) in [6.45, 7) is 11.0. The minimum absolute atomic E-state index is 0.338. The number of allylic oxidation sites excluding steroid dienone is 5. The van der Waals surface area contributed by atoms with Crippen molar-refractivity contribution in [2.45, 2.75) is 19.3 Å². The number of hydrogen-bond acceptors (Lipinski definition) is 1. The number of carbonyl (C=O) groups is 1. The molecule has 0 fully saturated rings. The van der Waals surface area contributed by atoms with E-state index >= 15 is 0 Å². The van der Waals surface area contributed by atoms with Crippen molar-refractivity contribution in [1.82, 2.24) is 0 Å². The summed E-state index contributed by atoms with van der Waals surface area (Å²) in [7, 11) is 0. The summed E-state index contributed by atoms with van der Waals surface area (Å²) in [5.41, 5.74) is 0.786. The predicted octanol–water partition coefficient (Wildman–Crippen LogP) is 3.46. The summed E-state index contributed by atoms with van der Waals surface area (Å²) in [5, 5.41) is 0. The van der Waals surface area contributed by atoms with Crippen LogP contribution in [0.15, 0.2) is 49.6 Å². The Balaban J connectivity index is 4.45. The summed E-state index contributed by atoms with van der Waals surface area (Å²) >= 11 is 0. The molecule has 0 aromatic rings. The Morgan fingerprint density at radius 3 is 2.00 bits per heavy atom. The third-order valence-corrected chi connectivity index (χ3v) is 1.92. The Morgan fingerprint density at radius 1 is 1.07 bits per heavy atom. The van der Waals surface area contributed by atoms with Crippen LogP contribution in [0.5, 0.6) is 0 Å². The van der Waals surface area contributed by atoms with Crippen LogP contribution in [0, 0.1) is 5.92 Å². The van der Waals surface area contributed by atoms with E-state index in [0.29, 0.717) is 12.3 Å². The van der Waals surface area contributed by atoms with Gasteiger partial charge in [-0.15, -0.1) is 19.7 Å². The maximum Gasteiger partial charge on any atom is 0.146 e. The van der Waals surface area contributed by atoms with Gasteiger partial charge in [-0.05, 0) is 30.8 Å². The van der Waals surface area contributed by atoms with Crippen LogP contribution in [-0.4, -0.2) is 6.29 Å². The molecule has 0 heterocycles. The second-order valence-corrected chi connectivity index (χ2v) is 3.16. The van der Waals surface area contributed by atoms with Gasteiger partial charge >= 0.3 is 0 Å². The molecule has 76 valence electrons. The molecule has 0 aliphatic rings. The van der Waals surface area contributed by atoms with Gasteiger partial charge < -0.3 is 0 Å². The first-order valence-corrected chi connectivity index (χ1v) is 4.77. The smallest absolute Gasteiger partial charge is 0.146 e. The van der Waals surface area contributed by atoms with Crippen LogP contribution < -0.4 is 0 Å². The van der Waals surface area contributed by atoms with Gasteiger partial charge in [0, 0.05) is 0 Å². The van der Waals surface area contributed by atoms with Crippen LogP contribution >= 0.6 is 0 Å². The lowest BCUT2D eigenvalue weighted by Crippen LogP contribution is -1.96. The molecule has 0 unspecified atom stereocenters. The van der Waals surface area contributed by atoms with Gasteiger partial charge in [-0.1, -0.05) is 24.3 Å². The van der Waals surface area contributed by atoms with Crippen LogP contribution in [0.2, 0.25) is 0 Å². The fraction of sp³-hybridized carbons (Fsp3) is 0.308. The maximum absolute atomic E-state index is 10.7. The van der Waals surface area contributed by atoms with E-state index < -0.39 is 0 Å². The highest BCUT2D eigenvalue weighted by Crippen LogP contribution is 2.15. The predicted molar refractivity (Wildman–Crippen MR) is 62.1 cm³/mol. The van der Waals surface area contributed by atoms with Crippen LogP contribution in [0.3, 0.4) is 0 Å². The van der Waals surface area contributed by atoms with Crippen molar-refractivity contribution in [3.63, 3.8) is 0 Å². The topological polar surface area (TPSA) is 17.1 Å². The van der Waals surface area contributed by atoms with Crippen molar-refractivity contribution in [2.75, 3.05) is 0 Å². The molecule has 0 rings (SSSR count). The van der Waals surface area contributed by atoms with Gasteiger partial charge in [-0.2, -0.15) is 0 Å². The Hall–Kier alpha value is -1.37. The van der Waals surface area contributed by atoms with E-state index in [0.717, 1.165) is 24.7 Å². The Labute approximate surface area is 86.5 Å². The Morgan fingerprint density at radius 2 is 1.64 bits per heavy atom. The van der Waals surface area contributed by atoms with Crippen molar-refractivity contribution in [3.05, 3.63) is 49.6 Å². The van der Waals surface area contributed by atoms with Gasteiger partial charge in [-0.25, -0.2) is 0 Å². The van der Waals surface area contributed by atoms with Gasteiger partial charge in [0.25, 0.3) is 0 Å². The first-order chi connectivity index (χ1) is 6.78. The molecule has 0 amide bonds. The quantitative estimate of drug-likeness (QED) is 0.325. The van der Waals surface area contributed by atoms with Crippen LogP contribution in [-0.2, 0) is 4.79 Å². The third-order valence-electron chi connectivity index (χ3n) is 1.92. The molecule has 1 heteroatoms. The zero-order valence-electron chi connectivity index (χ0n) is 8.61. The van der Waals surface area contributed by atoms with Gasteiger partial charge in [0.15, 0.2) is 0 Å². The molecule has 1 nitrogen and oxygen atoms in total. The molecule has 0 saturated heterocycles. The van der Waals surface area contributed by atoms with E-state index in [-0.39, 0.29) is 0 Å². The van der Waals surface area contributed by atoms with E-state index in [1.54, 1.807) is 6.08 Å². The van der Waals surface area contributed by atoms with Gasteiger partial charge in [0.05, 0.1) is 0 Å². The summed E-state index contributed by atoms with van der Waals surface area (Å²) in [4.78, 5) is 10.7. The molecular formula is C13H18O. The molecule has 0 aliphatic carbocycles. The zero-order valence-corrected chi connectivity index (χ0v) is 8.61. The molecule has 0 aromatic carbocycles. The first kappa shape index (κ1) is 12.6. The molecule has 0 spiro atoms. The highest BCUT2D eigenvalue weighted by atomic mass is 16.1. The minimum atomic E-state index is 0.338. The van der Waals surface area contributed by atoms with Crippen LogP contribution in [0.4, 0.5) is 0 Å². The molecule has 0 atom stereocenters. The lowest BCUT2D eigenvalue weighted by molar-refractivity contribution is -0.105. The standard InChI is InChI=1S/C13H18O/c1-4-7-12(8-5-2)10-13(11-14)9-6-3/h4-6,10-12H,1-3,7-9H2/b13-10+. The van der Waals surface area contributed by atoms with E-state index in [1.807, 2.05) is 18.2 Å². The number of aldehydes is 1. The summed E-state index contributed by atoms with van der Waals surface area (Å²) < 4.78 is 0. The molecule has 14 heavy (non-hydrogen) atoms.